The van der Waals surface area contributed by atoms with Crippen molar-refractivity contribution in [3.63, 3.8) is 0 Å². The Bertz CT molecular complexity index is 802. The first kappa shape index (κ1) is 14.7. The van der Waals surface area contributed by atoms with Gasteiger partial charge in [0.15, 0.2) is 0 Å². The maximum Gasteiger partial charge on any atom is 0.0708 e. The van der Waals surface area contributed by atoms with Gasteiger partial charge < -0.3 is 10.8 Å². The van der Waals surface area contributed by atoms with Crippen LogP contribution in [0.5, 0.6) is 0 Å². The number of hydrogen-bond donors (Lipinski definition) is 3. The Morgan fingerprint density at radius 2 is 2.09 bits per heavy atom. The lowest BCUT2D eigenvalue weighted by Gasteiger charge is -2.20. The number of hydrogen-bond acceptors (Lipinski definition) is 4. The molecule has 3 rings (SSSR count). The van der Waals surface area contributed by atoms with Crippen molar-refractivity contribution in [3.05, 3.63) is 47.8 Å². The highest BCUT2D eigenvalue weighted by atomic mass is 16.2. The maximum atomic E-state index is 9.40. The third kappa shape index (κ3) is 2.61. The smallest absolute Gasteiger partial charge is 0.0708 e. The SMILES string of the molecule is CC(C)(N)c1ccnc(-c2ccc3[nH]ncc3c2CCO)c1. The third-order valence-corrected chi connectivity index (χ3v) is 3.88. The number of aromatic nitrogens is 3. The fourth-order valence-corrected chi connectivity index (χ4v) is 2.68. The van der Waals surface area contributed by atoms with Crippen molar-refractivity contribution in [1.29, 1.82) is 0 Å². The van der Waals surface area contributed by atoms with Crippen molar-refractivity contribution >= 4 is 10.9 Å². The highest BCUT2D eigenvalue weighted by molar-refractivity contribution is 5.88. The van der Waals surface area contributed by atoms with E-state index in [9.17, 15) is 5.11 Å². The van der Waals surface area contributed by atoms with Gasteiger partial charge in [0.2, 0.25) is 0 Å². The van der Waals surface area contributed by atoms with Gasteiger partial charge >= 0.3 is 0 Å². The highest BCUT2D eigenvalue weighted by Crippen LogP contribution is 2.30. The van der Waals surface area contributed by atoms with E-state index in [0.717, 1.165) is 33.3 Å². The Kier molecular flexibility index (Phi) is 3.68. The molecule has 0 saturated carbocycles. The van der Waals surface area contributed by atoms with E-state index in [0.29, 0.717) is 6.42 Å². The summed E-state index contributed by atoms with van der Waals surface area (Å²) in [5.41, 5.74) is 10.7. The number of rotatable bonds is 4. The second-order valence-electron chi connectivity index (χ2n) is 6.05. The minimum Gasteiger partial charge on any atom is -0.396 e. The number of nitrogens with zero attached hydrogens (tertiary/aromatic N) is 2. The van der Waals surface area contributed by atoms with Crippen LogP contribution in [0.3, 0.4) is 0 Å². The van der Waals surface area contributed by atoms with Crippen LogP contribution in [0.15, 0.2) is 36.7 Å². The zero-order valence-corrected chi connectivity index (χ0v) is 12.8. The van der Waals surface area contributed by atoms with Gasteiger partial charge in [0.25, 0.3) is 0 Å². The molecule has 3 aromatic rings. The lowest BCUT2D eigenvalue weighted by atomic mass is 9.92. The Labute approximate surface area is 129 Å². The Balaban J connectivity index is 2.19. The van der Waals surface area contributed by atoms with Crippen LogP contribution in [-0.2, 0) is 12.0 Å². The molecule has 114 valence electrons. The summed E-state index contributed by atoms with van der Waals surface area (Å²) in [4.78, 5) is 4.49. The van der Waals surface area contributed by atoms with Crippen LogP contribution in [0.1, 0.15) is 25.0 Å². The van der Waals surface area contributed by atoms with E-state index in [4.69, 9.17) is 5.73 Å². The van der Waals surface area contributed by atoms with Crippen LogP contribution in [-0.4, -0.2) is 26.9 Å². The van der Waals surface area contributed by atoms with Gasteiger partial charge in [0.1, 0.15) is 0 Å². The molecule has 0 bridgehead atoms. The molecule has 0 aliphatic carbocycles. The first-order valence-electron chi connectivity index (χ1n) is 7.32. The van der Waals surface area contributed by atoms with Gasteiger partial charge in [-0.05, 0) is 49.6 Å². The molecule has 0 saturated heterocycles. The highest BCUT2D eigenvalue weighted by Gasteiger charge is 2.17. The van der Waals surface area contributed by atoms with E-state index < -0.39 is 5.54 Å². The summed E-state index contributed by atoms with van der Waals surface area (Å²) in [6.45, 7) is 4.03. The van der Waals surface area contributed by atoms with Crippen LogP contribution in [0.25, 0.3) is 22.2 Å². The molecular weight excluding hydrogens is 276 g/mol. The van der Waals surface area contributed by atoms with Gasteiger partial charge in [-0.25, -0.2) is 0 Å². The van der Waals surface area contributed by atoms with E-state index in [1.807, 2.05) is 38.1 Å². The molecule has 0 unspecified atom stereocenters. The number of aliphatic hydroxyl groups excluding tert-OH is 1. The molecule has 0 radical (unpaired) electrons. The molecule has 5 heteroatoms. The van der Waals surface area contributed by atoms with Gasteiger partial charge in [-0.1, -0.05) is 6.07 Å². The molecule has 0 fully saturated rings. The van der Waals surface area contributed by atoms with Crippen molar-refractivity contribution in [3.8, 4) is 11.3 Å². The minimum absolute atomic E-state index is 0.0827. The predicted octanol–water partition coefficient (Wildman–Crippen LogP) is 2.35. The number of nitrogens with two attached hydrogens (primary N) is 1. The van der Waals surface area contributed by atoms with Gasteiger partial charge in [-0.2, -0.15) is 5.10 Å². The average Bonchev–Trinajstić information content (AvgIpc) is 2.96. The fraction of sp³-hybridized carbons (Fsp3) is 0.294. The molecule has 0 atom stereocenters. The Morgan fingerprint density at radius 1 is 1.27 bits per heavy atom. The Morgan fingerprint density at radius 3 is 2.82 bits per heavy atom. The summed E-state index contributed by atoms with van der Waals surface area (Å²) >= 11 is 0. The molecular formula is C17H20N4O. The summed E-state index contributed by atoms with van der Waals surface area (Å²) in [7, 11) is 0. The second-order valence-corrected chi connectivity index (χ2v) is 6.05. The van der Waals surface area contributed by atoms with Crippen molar-refractivity contribution in [2.24, 2.45) is 5.73 Å². The molecule has 0 aliphatic rings. The lowest BCUT2D eigenvalue weighted by molar-refractivity contribution is 0.300. The van der Waals surface area contributed by atoms with Crippen molar-refractivity contribution < 1.29 is 5.11 Å². The summed E-state index contributed by atoms with van der Waals surface area (Å²) in [6.07, 6.45) is 4.13. The normalized spacial score (nSPS) is 12.0. The summed E-state index contributed by atoms with van der Waals surface area (Å²) < 4.78 is 0. The molecule has 22 heavy (non-hydrogen) atoms. The van der Waals surface area contributed by atoms with E-state index in [1.165, 1.54) is 0 Å². The Hall–Kier alpha value is -2.24. The first-order valence-corrected chi connectivity index (χ1v) is 7.32. The van der Waals surface area contributed by atoms with Gasteiger partial charge in [-0.15, -0.1) is 0 Å². The molecule has 0 spiro atoms. The number of nitrogens with one attached hydrogen (secondary N) is 1. The quantitative estimate of drug-likeness (QED) is 0.689. The van der Waals surface area contributed by atoms with Crippen LogP contribution >= 0.6 is 0 Å². The third-order valence-electron chi connectivity index (χ3n) is 3.88. The lowest BCUT2D eigenvalue weighted by Crippen LogP contribution is -2.28. The monoisotopic (exact) mass is 296 g/mol. The van der Waals surface area contributed by atoms with E-state index in [-0.39, 0.29) is 6.61 Å². The standard InChI is InChI=1S/C17H20N4O/c1-17(2,18)11-5-7-19-16(9-11)13-3-4-15-14(10-20-21-15)12(13)6-8-22/h3-5,7,9-10,22H,6,8,18H2,1-2H3,(H,20,21). The zero-order chi connectivity index (χ0) is 15.7. The largest absolute Gasteiger partial charge is 0.396 e. The molecule has 4 N–H and O–H groups in total. The maximum absolute atomic E-state index is 9.40. The van der Waals surface area contributed by atoms with Gasteiger partial charge in [-0.3, -0.25) is 10.1 Å². The molecule has 0 aliphatic heterocycles. The van der Waals surface area contributed by atoms with E-state index >= 15 is 0 Å². The number of fused-ring (bicyclic) bond motifs is 1. The number of aliphatic hydroxyl groups is 1. The van der Waals surface area contributed by atoms with Crippen molar-refractivity contribution in [1.82, 2.24) is 15.2 Å². The van der Waals surface area contributed by atoms with Crippen LogP contribution in [0.4, 0.5) is 0 Å². The van der Waals surface area contributed by atoms with Crippen molar-refractivity contribution in [2.75, 3.05) is 6.61 Å². The minimum atomic E-state index is -0.422. The summed E-state index contributed by atoms with van der Waals surface area (Å²) in [6, 6.07) is 7.95. The average molecular weight is 296 g/mol. The number of benzene rings is 1. The van der Waals surface area contributed by atoms with Crippen LogP contribution < -0.4 is 5.73 Å². The van der Waals surface area contributed by atoms with Crippen LogP contribution in [0, 0.1) is 0 Å². The number of aromatic amines is 1. The van der Waals surface area contributed by atoms with E-state index in [1.54, 1.807) is 12.4 Å². The van der Waals surface area contributed by atoms with Gasteiger partial charge in [0.05, 0.1) is 17.4 Å². The number of H-pyrrole nitrogens is 1. The predicted molar refractivity (Wildman–Crippen MR) is 87.3 cm³/mol. The number of pyridine rings is 1. The zero-order valence-electron chi connectivity index (χ0n) is 12.8. The molecule has 1 aromatic carbocycles. The van der Waals surface area contributed by atoms with E-state index in [2.05, 4.69) is 15.2 Å². The molecule has 2 heterocycles. The fourth-order valence-electron chi connectivity index (χ4n) is 2.68. The topological polar surface area (TPSA) is 87.8 Å². The summed E-state index contributed by atoms with van der Waals surface area (Å²) in [5, 5.41) is 17.5. The van der Waals surface area contributed by atoms with Gasteiger partial charge in [0, 0.05) is 29.3 Å². The second kappa shape index (κ2) is 5.51. The molecule has 5 nitrogen and oxygen atoms in total. The first-order chi connectivity index (χ1) is 10.5. The van der Waals surface area contributed by atoms with Crippen LogP contribution in [0.2, 0.25) is 0 Å². The molecule has 0 amide bonds. The van der Waals surface area contributed by atoms with Crippen molar-refractivity contribution in [2.45, 2.75) is 25.8 Å². The summed E-state index contributed by atoms with van der Waals surface area (Å²) in [5.74, 6) is 0. The molecule has 2 aromatic heterocycles.